The fourth-order valence-electron chi connectivity index (χ4n) is 1.68. The van der Waals surface area contributed by atoms with E-state index in [9.17, 15) is 8.42 Å². The summed E-state index contributed by atoms with van der Waals surface area (Å²) >= 11 is 0. The molecule has 16 heavy (non-hydrogen) atoms. The number of rotatable bonds is 9. The summed E-state index contributed by atoms with van der Waals surface area (Å²) in [6.07, 6.45) is 1.25. The monoisotopic (exact) mass is 251 g/mol. The molecule has 1 N–H and O–H groups in total. The first-order chi connectivity index (χ1) is 7.44. The largest absolute Gasteiger partial charge is 0.385 e. The van der Waals surface area contributed by atoms with Crippen LogP contribution in [-0.4, -0.2) is 45.7 Å². The number of nitrogens with one attached hydrogen (secondary N) is 1. The molecule has 4 nitrogen and oxygen atoms in total. The van der Waals surface area contributed by atoms with Crippen LogP contribution in [0.4, 0.5) is 0 Å². The summed E-state index contributed by atoms with van der Waals surface area (Å²) in [5.41, 5.74) is 0. The van der Waals surface area contributed by atoms with Crippen LogP contribution in [0.5, 0.6) is 0 Å². The lowest BCUT2D eigenvalue weighted by Gasteiger charge is -2.18. The number of sulfone groups is 1. The SMILES string of the molecule is CCNC(C)CC(C)S(=O)(=O)CCCOC. The molecular weight excluding hydrogens is 226 g/mol. The van der Waals surface area contributed by atoms with Crippen LogP contribution in [0, 0.1) is 0 Å². The Hall–Kier alpha value is -0.130. The zero-order valence-electron chi connectivity index (χ0n) is 10.8. The van der Waals surface area contributed by atoms with Gasteiger partial charge < -0.3 is 10.1 Å². The fraction of sp³-hybridized carbons (Fsp3) is 1.00. The second kappa shape index (κ2) is 8.03. The van der Waals surface area contributed by atoms with Crippen LogP contribution >= 0.6 is 0 Å². The molecule has 0 aliphatic carbocycles. The third kappa shape index (κ3) is 6.45. The Bertz CT molecular complexity index is 264. The fourth-order valence-corrected chi connectivity index (χ4v) is 3.19. The molecule has 0 fully saturated rings. The number of hydrogen-bond donors (Lipinski definition) is 1. The van der Waals surface area contributed by atoms with E-state index in [4.69, 9.17) is 4.74 Å². The molecule has 0 saturated heterocycles. The van der Waals surface area contributed by atoms with E-state index in [0.29, 0.717) is 19.4 Å². The van der Waals surface area contributed by atoms with Crippen LogP contribution in [0.25, 0.3) is 0 Å². The van der Waals surface area contributed by atoms with E-state index in [2.05, 4.69) is 5.32 Å². The standard InChI is InChI=1S/C11H25NO3S/c1-5-12-10(2)9-11(3)16(13,14)8-6-7-15-4/h10-12H,5-9H2,1-4H3. The van der Waals surface area contributed by atoms with Gasteiger partial charge in [-0.2, -0.15) is 0 Å². The minimum Gasteiger partial charge on any atom is -0.385 e. The van der Waals surface area contributed by atoms with Gasteiger partial charge in [-0.3, -0.25) is 0 Å². The second-order valence-electron chi connectivity index (χ2n) is 4.22. The van der Waals surface area contributed by atoms with Gasteiger partial charge in [0.05, 0.1) is 11.0 Å². The van der Waals surface area contributed by atoms with E-state index >= 15 is 0 Å². The molecule has 0 saturated carbocycles. The van der Waals surface area contributed by atoms with Gasteiger partial charge in [-0.25, -0.2) is 8.42 Å². The van der Waals surface area contributed by atoms with Gasteiger partial charge in [-0.05, 0) is 33.2 Å². The Morgan fingerprint density at radius 2 is 1.94 bits per heavy atom. The van der Waals surface area contributed by atoms with Crippen molar-refractivity contribution in [3.8, 4) is 0 Å². The Kier molecular flexibility index (Phi) is 7.97. The smallest absolute Gasteiger partial charge is 0.153 e. The van der Waals surface area contributed by atoms with E-state index in [0.717, 1.165) is 6.54 Å². The van der Waals surface area contributed by atoms with Crippen molar-refractivity contribution in [1.82, 2.24) is 5.32 Å². The first-order valence-corrected chi connectivity index (χ1v) is 7.59. The lowest BCUT2D eigenvalue weighted by atomic mass is 10.2. The highest BCUT2D eigenvalue weighted by Crippen LogP contribution is 2.10. The summed E-state index contributed by atoms with van der Waals surface area (Å²) in [4.78, 5) is 0. The van der Waals surface area contributed by atoms with E-state index in [1.807, 2.05) is 13.8 Å². The number of methoxy groups -OCH3 is 1. The molecule has 0 aliphatic rings. The average Bonchev–Trinajstić information content (AvgIpc) is 2.18. The van der Waals surface area contributed by atoms with Crippen molar-refractivity contribution in [2.75, 3.05) is 26.0 Å². The number of ether oxygens (including phenoxy) is 1. The summed E-state index contributed by atoms with van der Waals surface area (Å²) in [5.74, 6) is 0.223. The van der Waals surface area contributed by atoms with Gasteiger partial charge in [0.25, 0.3) is 0 Å². The summed E-state index contributed by atoms with van der Waals surface area (Å²) in [6.45, 7) is 7.21. The summed E-state index contributed by atoms with van der Waals surface area (Å²) in [7, 11) is -1.38. The Labute approximate surface area is 99.7 Å². The third-order valence-electron chi connectivity index (χ3n) is 2.63. The van der Waals surface area contributed by atoms with Gasteiger partial charge >= 0.3 is 0 Å². The van der Waals surface area contributed by atoms with Crippen LogP contribution in [-0.2, 0) is 14.6 Å². The topological polar surface area (TPSA) is 55.4 Å². The van der Waals surface area contributed by atoms with Crippen molar-refractivity contribution in [2.45, 2.75) is 44.9 Å². The minimum atomic E-state index is -2.97. The molecule has 0 heterocycles. The molecule has 0 aliphatic heterocycles. The van der Waals surface area contributed by atoms with Crippen molar-refractivity contribution >= 4 is 9.84 Å². The average molecular weight is 251 g/mol. The Morgan fingerprint density at radius 1 is 1.31 bits per heavy atom. The van der Waals surface area contributed by atoms with Crippen LogP contribution in [0.2, 0.25) is 0 Å². The second-order valence-corrected chi connectivity index (χ2v) is 6.76. The molecule has 0 spiro atoms. The van der Waals surface area contributed by atoms with E-state index in [1.54, 1.807) is 14.0 Å². The predicted octanol–water partition coefficient (Wildman–Crippen LogP) is 1.21. The predicted molar refractivity (Wildman–Crippen MR) is 67.5 cm³/mol. The van der Waals surface area contributed by atoms with Gasteiger partial charge in [-0.1, -0.05) is 6.92 Å². The summed E-state index contributed by atoms with van der Waals surface area (Å²) in [6, 6.07) is 0.247. The molecule has 5 heteroatoms. The van der Waals surface area contributed by atoms with Crippen LogP contribution in [0.3, 0.4) is 0 Å². The normalized spacial score (nSPS) is 16.0. The summed E-state index contributed by atoms with van der Waals surface area (Å²) < 4.78 is 28.6. The molecule has 2 unspecified atom stereocenters. The molecule has 2 atom stereocenters. The number of hydrogen-bond acceptors (Lipinski definition) is 4. The van der Waals surface area contributed by atoms with E-state index in [-0.39, 0.29) is 17.0 Å². The van der Waals surface area contributed by atoms with Gasteiger partial charge in [0.1, 0.15) is 0 Å². The lowest BCUT2D eigenvalue weighted by Crippen LogP contribution is -2.33. The first-order valence-electron chi connectivity index (χ1n) is 5.88. The minimum absolute atomic E-state index is 0.223. The zero-order valence-corrected chi connectivity index (χ0v) is 11.6. The highest BCUT2D eigenvalue weighted by Gasteiger charge is 2.21. The van der Waals surface area contributed by atoms with Crippen molar-refractivity contribution in [3.63, 3.8) is 0 Å². The van der Waals surface area contributed by atoms with Gasteiger partial charge in [-0.15, -0.1) is 0 Å². The maximum atomic E-state index is 11.9. The van der Waals surface area contributed by atoms with Gasteiger partial charge in [0.2, 0.25) is 0 Å². The van der Waals surface area contributed by atoms with Crippen molar-refractivity contribution in [2.24, 2.45) is 0 Å². The molecular formula is C11H25NO3S. The molecule has 0 aromatic carbocycles. The third-order valence-corrected chi connectivity index (χ3v) is 4.90. The van der Waals surface area contributed by atoms with Gasteiger partial charge in [0, 0.05) is 19.8 Å². The summed E-state index contributed by atoms with van der Waals surface area (Å²) in [5, 5.41) is 2.95. The molecule has 0 aromatic heterocycles. The van der Waals surface area contributed by atoms with Crippen molar-refractivity contribution in [3.05, 3.63) is 0 Å². The first kappa shape index (κ1) is 15.9. The van der Waals surface area contributed by atoms with Crippen molar-refractivity contribution < 1.29 is 13.2 Å². The Balaban J connectivity index is 4.08. The van der Waals surface area contributed by atoms with Crippen LogP contribution in [0.1, 0.15) is 33.6 Å². The molecule has 0 rings (SSSR count). The van der Waals surface area contributed by atoms with Crippen LogP contribution < -0.4 is 5.32 Å². The van der Waals surface area contributed by atoms with E-state index < -0.39 is 9.84 Å². The highest BCUT2D eigenvalue weighted by molar-refractivity contribution is 7.92. The Morgan fingerprint density at radius 3 is 2.44 bits per heavy atom. The molecule has 0 aromatic rings. The maximum absolute atomic E-state index is 11.9. The quantitative estimate of drug-likeness (QED) is 0.626. The highest BCUT2D eigenvalue weighted by atomic mass is 32.2. The van der Waals surface area contributed by atoms with E-state index in [1.165, 1.54) is 0 Å². The molecule has 0 amide bonds. The molecule has 0 radical (unpaired) electrons. The molecule has 98 valence electrons. The maximum Gasteiger partial charge on any atom is 0.153 e. The van der Waals surface area contributed by atoms with Gasteiger partial charge in [0.15, 0.2) is 9.84 Å². The van der Waals surface area contributed by atoms with Crippen LogP contribution in [0.15, 0.2) is 0 Å². The zero-order chi connectivity index (χ0) is 12.6. The molecule has 0 bridgehead atoms. The van der Waals surface area contributed by atoms with Crippen molar-refractivity contribution in [1.29, 1.82) is 0 Å². The lowest BCUT2D eigenvalue weighted by molar-refractivity contribution is 0.199.